The minimum absolute atomic E-state index is 0.122. The number of halogens is 2. The Bertz CT molecular complexity index is 831. The second-order valence-electron chi connectivity index (χ2n) is 6.60. The molecule has 0 unspecified atom stereocenters. The van der Waals surface area contributed by atoms with Gasteiger partial charge < -0.3 is 15.5 Å². The molecule has 1 fully saturated rings. The fourth-order valence-corrected chi connectivity index (χ4v) is 3.29. The maximum atomic E-state index is 12.4. The Morgan fingerprint density at radius 1 is 1.22 bits per heavy atom. The highest BCUT2D eigenvalue weighted by Gasteiger charge is 2.23. The molecular weight excluding hydrogens is 389 g/mol. The fraction of sp³-hybridized carbons (Fsp3) is 0.389. The molecule has 2 N–H and O–H groups in total. The first-order valence-electron chi connectivity index (χ1n) is 8.70. The van der Waals surface area contributed by atoms with E-state index in [-0.39, 0.29) is 11.9 Å². The van der Waals surface area contributed by atoms with Crippen LogP contribution >= 0.6 is 23.2 Å². The minimum atomic E-state index is -0.161. The number of nitrogens with one attached hydrogen (secondary N) is 2. The molecule has 9 heteroatoms. The summed E-state index contributed by atoms with van der Waals surface area (Å²) in [6, 6.07) is 4.83. The van der Waals surface area contributed by atoms with E-state index in [1.165, 1.54) is 0 Å². The predicted molar refractivity (Wildman–Crippen MR) is 105 cm³/mol. The van der Waals surface area contributed by atoms with Crippen molar-refractivity contribution >= 4 is 40.8 Å². The number of carbonyl (C=O) groups excluding carboxylic acids is 2. The zero-order chi connectivity index (χ0) is 19.4. The van der Waals surface area contributed by atoms with Crippen LogP contribution in [0.1, 0.15) is 23.2 Å². The Kier molecular flexibility index (Phi) is 6.23. The molecule has 27 heavy (non-hydrogen) atoms. The lowest BCUT2D eigenvalue weighted by atomic mass is 9.97. The van der Waals surface area contributed by atoms with Crippen LogP contribution in [-0.4, -0.2) is 46.3 Å². The Balaban J connectivity index is 1.43. The second-order valence-corrected chi connectivity index (χ2v) is 7.42. The molecule has 3 amide bonds. The first kappa shape index (κ1) is 19.5. The Morgan fingerprint density at radius 2 is 1.96 bits per heavy atom. The van der Waals surface area contributed by atoms with Crippen molar-refractivity contribution in [1.29, 1.82) is 0 Å². The van der Waals surface area contributed by atoms with Crippen LogP contribution in [0, 0.1) is 5.92 Å². The summed E-state index contributed by atoms with van der Waals surface area (Å²) in [5.74, 6) is 0.225. The van der Waals surface area contributed by atoms with Gasteiger partial charge in [-0.05, 0) is 37.0 Å². The topological polar surface area (TPSA) is 79.3 Å². The number of piperidine rings is 1. The highest BCUT2D eigenvalue weighted by molar-refractivity contribution is 6.42. The lowest BCUT2D eigenvalue weighted by molar-refractivity contribution is 0.0938. The number of anilines is 1. The van der Waals surface area contributed by atoms with Crippen molar-refractivity contribution in [2.75, 3.05) is 25.0 Å². The first-order chi connectivity index (χ1) is 12.9. The van der Waals surface area contributed by atoms with Crippen LogP contribution in [-0.2, 0) is 7.05 Å². The number of urea groups is 1. The maximum absolute atomic E-state index is 12.4. The van der Waals surface area contributed by atoms with Gasteiger partial charge in [-0.15, -0.1) is 0 Å². The minimum Gasteiger partial charge on any atom is -0.352 e. The van der Waals surface area contributed by atoms with Gasteiger partial charge >= 0.3 is 6.03 Å². The van der Waals surface area contributed by atoms with E-state index in [0.717, 1.165) is 12.8 Å². The van der Waals surface area contributed by atoms with Gasteiger partial charge in [0.25, 0.3) is 5.91 Å². The van der Waals surface area contributed by atoms with E-state index >= 15 is 0 Å². The third kappa shape index (κ3) is 5.14. The smallest absolute Gasteiger partial charge is 0.321 e. The number of hydrogen-bond acceptors (Lipinski definition) is 3. The average Bonchev–Trinajstić information content (AvgIpc) is 3.09. The van der Waals surface area contributed by atoms with Gasteiger partial charge in [0, 0.05) is 38.6 Å². The highest BCUT2D eigenvalue weighted by Crippen LogP contribution is 2.25. The Labute approximate surface area is 167 Å². The molecule has 2 heterocycles. The van der Waals surface area contributed by atoms with E-state index in [9.17, 15) is 9.59 Å². The molecule has 1 aromatic carbocycles. The fourth-order valence-electron chi connectivity index (χ4n) is 2.99. The van der Waals surface area contributed by atoms with Crippen molar-refractivity contribution in [1.82, 2.24) is 20.0 Å². The van der Waals surface area contributed by atoms with E-state index in [2.05, 4.69) is 15.7 Å². The summed E-state index contributed by atoms with van der Waals surface area (Å²) in [5.41, 5.74) is 1.16. The van der Waals surface area contributed by atoms with Gasteiger partial charge in [-0.25, -0.2) is 4.79 Å². The van der Waals surface area contributed by atoms with E-state index in [1.807, 2.05) is 0 Å². The number of hydrogen-bond donors (Lipinski definition) is 2. The van der Waals surface area contributed by atoms with Gasteiger partial charge in [0.1, 0.15) is 0 Å². The number of amides is 3. The Hall–Kier alpha value is -2.25. The third-order valence-electron chi connectivity index (χ3n) is 4.59. The van der Waals surface area contributed by atoms with Crippen LogP contribution in [0.5, 0.6) is 0 Å². The summed E-state index contributed by atoms with van der Waals surface area (Å²) >= 11 is 11.9. The number of aromatic nitrogens is 2. The molecule has 144 valence electrons. The van der Waals surface area contributed by atoms with E-state index in [0.29, 0.717) is 46.8 Å². The number of benzene rings is 1. The highest BCUT2D eigenvalue weighted by atomic mass is 35.5. The number of likely N-dealkylation sites (tertiary alicyclic amines) is 1. The molecule has 0 bridgehead atoms. The van der Waals surface area contributed by atoms with Crippen LogP contribution in [0.4, 0.5) is 10.5 Å². The summed E-state index contributed by atoms with van der Waals surface area (Å²) in [6.07, 6.45) is 4.90. The predicted octanol–water partition coefficient (Wildman–Crippen LogP) is 3.40. The quantitative estimate of drug-likeness (QED) is 0.811. The van der Waals surface area contributed by atoms with Crippen molar-refractivity contribution < 1.29 is 9.59 Å². The van der Waals surface area contributed by atoms with Crippen molar-refractivity contribution in [2.45, 2.75) is 12.8 Å². The lowest BCUT2D eigenvalue weighted by Gasteiger charge is -2.32. The summed E-state index contributed by atoms with van der Waals surface area (Å²) in [4.78, 5) is 26.2. The van der Waals surface area contributed by atoms with Gasteiger partial charge in [-0.3, -0.25) is 9.48 Å². The molecule has 7 nitrogen and oxygen atoms in total. The summed E-state index contributed by atoms with van der Waals surface area (Å²) in [5, 5.41) is 10.6. The van der Waals surface area contributed by atoms with Crippen LogP contribution in [0.3, 0.4) is 0 Å². The van der Waals surface area contributed by atoms with Gasteiger partial charge in [-0.2, -0.15) is 5.10 Å². The van der Waals surface area contributed by atoms with Crippen molar-refractivity contribution in [3.8, 4) is 0 Å². The first-order valence-corrected chi connectivity index (χ1v) is 9.46. The molecule has 0 saturated carbocycles. The van der Waals surface area contributed by atoms with E-state index < -0.39 is 0 Å². The van der Waals surface area contributed by atoms with Gasteiger partial charge in [0.05, 0.1) is 21.8 Å². The lowest BCUT2D eigenvalue weighted by Crippen LogP contribution is -2.43. The second kappa shape index (κ2) is 8.63. The molecule has 0 atom stereocenters. The van der Waals surface area contributed by atoms with Crippen molar-refractivity contribution in [3.05, 3.63) is 46.2 Å². The van der Waals surface area contributed by atoms with Gasteiger partial charge in [0.15, 0.2) is 0 Å². The summed E-state index contributed by atoms with van der Waals surface area (Å²) < 4.78 is 1.60. The molecule has 1 saturated heterocycles. The maximum Gasteiger partial charge on any atom is 0.321 e. The summed E-state index contributed by atoms with van der Waals surface area (Å²) in [6.45, 7) is 1.87. The zero-order valence-electron chi connectivity index (χ0n) is 14.9. The van der Waals surface area contributed by atoms with E-state index in [1.54, 1.807) is 47.2 Å². The van der Waals surface area contributed by atoms with Gasteiger partial charge in [0.2, 0.25) is 0 Å². The molecule has 3 rings (SSSR count). The zero-order valence-corrected chi connectivity index (χ0v) is 16.4. The third-order valence-corrected chi connectivity index (χ3v) is 5.33. The SMILES string of the molecule is Cn1cc(C(=O)NCC2CCN(C(=O)Nc3ccc(Cl)c(Cl)c3)CC2)cn1. The molecule has 2 aromatic rings. The number of rotatable bonds is 4. The molecule has 1 aliphatic heterocycles. The number of carbonyl (C=O) groups is 2. The Morgan fingerprint density at radius 3 is 2.59 bits per heavy atom. The van der Waals surface area contributed by atoms with Crippen molar-refractivity contribution in [2.24, 2.45) is 13.0 Å². The number of aryl methyl sites for hydroxylation is 1. The van der Waals surface area contributed by atoms with Crippen LogP contribution in [0.25, 0.3) is 0 Å². The standard InChI is InChI=1S/C18H21Cl2N5O2/c1-24-11-13(10-22-24)17(26)21-9-12-4-6-25(7-5-12)18(27)23-14-2-3-15(19)16(20)8-14/h2-3,8,10-12H,4-7,9H2,1H3,(H,21,26)(H,23,27). The van der Waals surface area contributed by atoms with E-state index in [4.69, 9.17) is 23.2 Å². The van der Waals surface area contributed by atoms with Crippen LogP contribution < -0.4 is 10.6 Å². The van der Waals surface area contributed by atoms with Crippen molar-refractivity contribution in [3.63, 3.8) is 0 Å². The monoisotopic (exact) mass is 409 g/mol. The molecular formula is C18H21Cl2N5O2. The molecule has 1 aliphatic rings. The largest absolute Gasteiger partial charge is 0.352 e. The van der Waals surface area contributed by atoms with Crippen LogP contribution in [0.15, 0.2) is 30.6 Å². The molecule has 0 aliphatic carbocycles. The van der Waals surface area contributed by atoms with Gasteiger partial charge in [-0.1, -0.05) is 23.2 Å². The molecule has 1 aromatic heterocycles. The average molecular weight is 410 g/mol. The molecule has 0 spiro atoms. The normalized spacial score (nSPS) is 14.9. The summed E-state index contributed by atoms with van der Waals surface area (Å²) in [7, 11) is 1.77. The molecule has 0 radical (unpaired) electrons. The number of nitrogens with zero attached hydrogens (tertiary/aromatic N) is 3. The van der Waals surface area contributed by atoms with Crippen LogP contribution in [0.2, 0.25) is 10.0 Å².